The Hall–Kier alpha value is -2.84. The first-order valence-corrected chi connectivity index (χ1v) is 13.7. The number of aromatic nitrogens is 2. The summed E-state index contributed by atoms with van der Waals surface area (Å²) < 4.78 is 7.58. The van der Waals surface area contributed by atoms with Crippen molar-refractivity contribution in [3.63, 3.8) is 0 Å². The van der Waals surface area contributed by atoms with Crippen molar-refractivity contribution in [2.24, 2.45) is 35.0 Å². The number of rotatable bonds is 12. The number of carboxylic acid groups (broad SMARTS) is 1. The van der Waals surface area contributed by atoms with Crippen molar-refractivity contribution in [3.05, 3.63) is 17.8 Å². The van der Waals surface area contributed by atoms with Crippen molar-refractivity contribution in [1.82, 2.24) is 20.4 Å². The number of carboxylic acids is 1. The van der Waals surface area contributed by atoms with Crippen molar-refractivity contribution in [1.29, 1.82) is 0 Å². The molecule has 37 heavy (non-hydrogen) atoms. The number of hydrogen-bond donors (Lipinski definition) is 3. The molecule has 4 aliphatic rings. The van der Waals surface area contributed by atoms with Crippen LogP contribution in [0.2, 0.25) is 0 Å². The van der Waals surface area contributed by atoms with Crippen LogP contribution in [0, 0.1) is 35.0 Å². The Balaban J connectivity index is 1.45. The monoisotopic (exact) mass is 514 g/mol. The summed E-state index contributed by atoms with van der Waals surface area (Å²) in [6.45, 7) is 8.36. The minimum Gasteiger partial charge on any atom is -0.481 e. The van der Waals surface area contributed by atoms with Gasteiger partial charge in [-0.05, 0) is 82.0 Å². The molecule has 3 N–H and O–H groups in total. The largest absolute Gasteiger partial charge is 0.481 e. The van der Waals surface area contributed by atoms with Gasteiger partial charge < -0.3 is 20.5 Å². The predicted molar refractivity (Wildman–Crippen MR) is 140 cm³/mol. The Morgan fingerprint density at radius 3 is 2.41 bits per heavy atom. The van der Waals surface area contributed by atoms with E-state index in [4.69, 9.17) is 9.84 Å². The maximum absolute atomic E-state index is 13.4. The molecule has 4 saturated carbocycles. The van der Waals surface area contributed by atoms with Crippen LogP contribution in [0.15, 0.2) is 12.3 Å². The molecule has 0 spiro atoms. The normalized spacial score (nSPS) is 26.6. The van der Waals surface area contributed by atoms with Crippen LogP contribution in [0.3, 0.4) is 0 Å². The molecule has 0 aromatic carbocycles. The van der Waals surface area contributed by atoms with Gasteiger partial charge in [0.1, 0.15) is 5.56 Å². The van der Waals surface area contributed by atoms with E-state index in [0.29, 0.717) is 42.9 Å². The summed E-state index contributed by atoms with van der Waals surface area (Å²) in [5.41, 5.74) is -0.456. The van der Waals surface area contributed by atoms with Crippen LogP contribution in [0.25, 0.3) is 6.20 Å². The summed E-state index contributed by atoms with van der Waals surface area (Å²) in [6.07, 6.45) is 11.6. The maximum Gasteiger partial charge on any atom is 0.303 e. The highest BCUT2D eigenvalue weighted by atomic mass is 16.5. The Morgan fingerprint density at radius 1 is 1.16 bits per heavy atom. The minimum atomic E-state index is -0.885. The number of amides is 2. The van der Waals surface area contributed by atoms with E-state index >= 15 is 0 Å². The molecule has 4 fully saturated rings. The van der Waals surface area contributed by atoms with Crippen molar-refractivity contribution in [2.75, 3.05) is 13.2 Å². The maximum atomic E-state index is 13.4. The van der Waals surface area contributed by atoms with E-state index in [1.165, 1.54) is 36.8 Å². The number of carbonyl (C=O) groups excluding carboxylic acids is 2. The third-order valence-electron chi connectivity index (χ3n) is 8.14. The molecule has 204 valence electrons. The smallest absolute Gasteiger partial charge is 0.303 e. The second-order valence-corrected chi connectivity index (χ2v) is 12.2. The summed E-state index contributed by atoms with van der Waals surface area (Å²) in [6, 6.07) is 0.223. The molecule has 9 nitrogen and oxygen atoms in total. The van der Waals surface area contributed by atoms with Gasteiger partial charge in [0, 0.05) is 25.2 Å². The molecule has 0 atom stereocenters. The molecule has 0 saturated heterocycles. The first kappa shape index (κ1) is 27.2. The molecule has 0 radical (unpaired) electrons. The molecule has 2 amide bonds. The van der Waals surface area contributed by atoms with Crippen LogP contribution in [0.5, 0.6) is 5.88 Å². The fourth-order valence-corrected chi connectivity index (χ4v) is 6.39. The highest BCUT2D eigenvalue weighted by molar-refractivity contribution is 5.96. The lowest BCUT2D eigenvalue weighted by Crippen LogP contribution is -2.55. The van der Waals surface area contributed by atoms with E-state index in [2.05, 4.69) is 15.7 Å². The number of ether oxygens (including phenoxy) is 1. The molecular weight excluding hydrogens is 472 g/mol. The van der Waals surface area contributed by atoms with Crippen molar-refractivity contribution in [2.45, 2.75) is 78.7 Å². The van der Waals surface area contributed by atoms with Crippen molar-refractivity contribution < 1.29 is 24.2 Å². The van der Waals surface area contributed by atoms with E-state index in [0.717, 1.165) is 11.8 Å². The van der Waals surface area contributed by atoms with Gasteiger partial charge in [0.2, 0.25) is 11.8 Å². The second kappa shape index (κ2) is 11.3. The van der Waals surface area contributed by atoms with Gasteiger partial charge in [0.05, 0.1) is 18.2 Å². The standard InChI is InChI=1S/C28H42N4O5/c1-17(2)16-37-26-22(25(35)31-24-20-11-18-10-19(13-20)14-21(24)12-18)15-30-32(26)9-7-28(3,4)27(36)29-8-5-6-23(33)34/h7,9,15,17-21,24H,5-6,8,10-14,16H2,1-4H3,(H,29,36)(H,31,35)(H,33,34)/b9-7+. The lowest BCUT2D eigenvalue weighted by atomic mass is 9.54. The number of aliphatic carboxylic acids is 1. The van der Waals surface area contributed by atoms with Crippen LogP contribution in [0.1, 0.15) is 83.0 Å². The van der Waals surface area contributed by atoms with Gasteiger partial charge in [0.15, 0.2) is 0 Å². The summed E-state index contributed by atoms with van der Waals surface area (Å²) in [5.74, 6) is 2.22. The highest BCUT2D eigenvalue weighted by Gasteiger charge is 2.48. The molecule has 1 aromatic rings. The van der Waals surface area contributed by atoms with Crippen LogP contribution < -0.4 is 15.4 Å². The first-order valence-electron chi connectivity index (χ1n) is 13.7. The zero-order valence-corrected chi connectivity index (χ0v) is 22.5. The van der Waals surface area contributed by atoms with Crippen LogP contribution >= 0.6 is 0 Å². The van der Waals surface area contributed by atoms with E-state index < -0.39 is 11.4 Å². The van der Waals surface area contributed by atoms with Gasteiger partial charge in [-0.25, -0.2) is 4.68 Å². The zero-order valence-electron chi connectivity index (χ0n) is 22.5. The quantitative estimate of drug-likeness (QED) is 0.363. The predicted octanol–water partition coefficient (Wildman–Crippen LogP) is 3.95. The molecule has 4 aliphatic carbocycles. The molecular formula is C28H42N4O5. The lowest BCUT2D eigenvalue weighted by Gasteiger charge is -2.54. The topological polar surface area (TPSA) is 123 Å². The second-order valence-electron chi connectivity index (χ2n) is 12.2. The van der Waals surface area contributed by atoms with Gasteiger partial charge in [-0.15, -0.1) is 0 Å². The highest BCUT2D eigenvalue weighted by Crippen LogP contribution is 2.53. The SMILES string of the molecule is CC(C)COc1c(C(=O)NC2C3CC4CC(C3)CC2C4)cnn1/C=C/C(C)(C)C(=O)NCCCC(=O)O. The Morgan fingerprint density at radius 2 is 1.81 bits per heavy atom. The van der Waals surface area contributed by atoms with Gasteiger partial charge >= 0.3 is 5.97 Å². The Bertz CT molecular complexity index is 1000. The van der Waals surface area contributed by atoms with E-state index in [-0.39, 0.29) is 30.2 Å². The molecule has 0 aliphatic heterocycles. The molecule has 4 bridgehead atoms. The first-order chi connectivity index (χ1) is 17.5. The summed E-state index contributed by atoms with van der Waals surface area (Å²) in [4.78, 5) is 36.8. The fourth-order valence-electron chi connectivity index (χ4n) is 6.39. The average Bonchev–Trinajstić information content (AvgIpc) is 3.23. The van der Waals surface area contributed by atoms with Crippen LogP contribution in [0.4, 0.5) is 0 Å². The Labute approximate surface area is 219 Å². The van der Waals surface area contributed by atoms with Gasteiger partial charge in [-0.2, -0.15) is 5.10 Å². The number of hydrogen-bond acceptors (Lipinski definition) is 5. The van der Waals surface area contributed by atoms with E-state index in [1.807, 2.05) is 13.8 Å². The molecule has 5 rings (SSSR count). The average molecular weight is 515 g/mol. The Kier molecular flexibility index (Phi) is 8.29. The van der Waals surface area contributed by atoms with Gasteiger partial charge in [-0.1, -0.05) is 19.9 Å². The lowest BCUT2D eigenvalue weighted by molar-refractivity contribution is -0.137. The van der Waals surface area contributed by atoms with E-state index in [1.54, 1.807) is 32.3 Å². The number of nitrogens with one attached hydrogen (secondary N) is 2. The van der Waals surface area contributed by atoms with Crippen molar-refractivity contribution >= 4 is 24.0 Å². The molecule has 9 heteroatoms. The summed E-state index contributed by atoms with van der Waals surface area (Å²) in [7, 11) is 0. The third-order valence-corrected chi connectivity index (χ3v) is 8.14. The zero-order chi connectivity index (χ0) is 26.7. The van der Waals surface area contributed by atoms with Crippen LogP contribution in [-0.4, -0.2) is 51.9 Å². The number of nitrogens with zero attached hydrogens (tertiary/aromatic N) is 2. The van der Waals surface area contributed by atoms with Gasteiger partial charge in [0.25, 0.3) is 5.91 Å². The molecule has 1 heterocycles. The van der Waals surface area contributed by atoms with E-state index in [9.17, 15) is 14.4 Å². The summed E-state index contributed by atoms with van der Waals surface area (Å²) >= 11 is 0. The third kappa shape index (κ3) is 6.54. The van der Waals surface area contributed by atoms with Gasteiger partial charge in [-0.3, -0.25) is 14.4 Å². The minimum absolute atomic E-state index is 0.00867. The fraction of sp³-hybridized carbons (Fsp3) is 0.714. The van der Waals surface area contributed by atoms with Crippen molar-refractivity contribution in [3.8, 4) is 5.88 Å². The summed E-state index contributed by atoms with van der Waals surface area (Å²) in [5, 5.41) is 19.3. The molecule has 0 unspecified atom stereocenters. The van der Waals surface area contributed by atoms with Crippen LogP contribution in [-0.2, 0) is 9.59 Å². The number of carbonyl (C=O) groups is 3. The molecule has 1 aromatic heterocycles.